The van der Waals surface area contributed by atoms with Crippen molar-refractivity contribution in [1.82, 2.24) is 29.6 Å². The number of pyridine rings is 1. The molecule has 0 spiro atoms. The number of nitrogens with one attached hydrogen (secondary N) is 2. The number of likely N-dealkylation sites (tertiary alicyclic amines) is 1. The molecule has 222 valence electrons. The summed E-state index contributed by atoms with van der Waals surface area (Å²) in [6, 6.07) is 11.3. The van der Waals surface area contributed by atoms with Crippen molar-refractivity contribution in [2.24, 2.45) is 0 Å². The number of hydrogen-bond donors (Lipinski definition) is 2. The lowest BCUT2D eigenvalue weighted by atomic mass is 10.1. The van der Waals surface area contributed by atoms with Crippen molar-refractivity contribution in [3.05, 3.63) is 55.0 Å². The van der Waals surface area contributed by atoms with Gasteiger partial charge in [-0.25, -0.2) is 24.2 Å². The number of hydrogen-bond acceptors (Lipinski definition) is 9. The van der Waals surface area contributed by atoms with E-state index < -0.39 is 0 Å². The summed E-state index contributed by atoms with van der Waals surface area (Å²) in [5.41, 5.74) is 2.85. The van der Waals surface area contributed by atoms with Crippen LogP contribution in [-0.2, 0) is 9.47 Å². The van der Waals surface area contributed by atoms with E-state index in [4.69, 9.17) is 24.5 Å². The Labute approximate surface area is 248 Å². The van der Waals surface area contributed by atoms with Gasteiger partial charge in [0.25, 0.3) is 0 Å². The van der Waals surface area contributed by atoms with E-state index in [1.54, 1.807) is 29.4 Å². The number of fused-ring (bicyclic) bond motifs is 3. The Morgan fingerprint density at radius 1 is 0.907 bits per heavy atom. The Morgan fingerprint density at radius 3 is 2.35 bits per heavy atom. The number of rotatable bonds is 5. The van der Waals surface area contributed by atoms with Crippen LogP contribution in [0, 0.1) is 0 Å². The summed E-state index contributed by atoms with van der Waals surface area (Å²) in [5.74, 6) is 1.47. The van der Waals surface area contributed by atoms with E-state index in [1.165, 1.54) is 7.11 Å². The number of nitrogens with zero attached hydrogens (tertiary/aromatic N) is 7. The SMILES string of the molecule is COC(=O)N1CCC(n2ncc3c(N4[C@@H]5CC[C@H]4COC5)nc(-c4ccc(NC(=O)Nc5cccnc5)cc4)nc32)CC1. The lowest BCUT2D eigenvalue weighted by Gasteiger charge is -2.36. The smallest absolute Gasteiger partial charge is 0.409 e. The van der Waals surface area contributed by atoms with Crippen LogP contribution < -0.4 is 15.5 Å². The first-order valence-electron chi connectivity index (χ1n) is 14.6. The van der Waals surface area contributed by atoms with Gasteiger partial charge in [0.2, 0.25) is 0 Å². The minimum absolute atomic E-state index is 0.0975. The molecule has 0 aliphatic carbocycles. The average Bonchev–Trinajstić information content (AvgIpc) is 3.58. The molecule has 6 heterocycles. The molecule has 7 rings (SSSR count). The number of aromatic nitrogens is 5. The summed E-state index contributed by atoms with van der Waals surface area (Å²) < 4.78 is 12.8. The zero-order chi connectivity index (χ0) is 29.3. The quantitative estimate of drug-likeness (QED) is 0.352. The molecule has 3 fully saturated rings. The van der Waals surface area contributed by atoms with E-state index in [1.807, 2.05) is 35.1 Å². The number of anilines is 3. The number of amides is 3. The van der Waals surface area contributed by atoms with Crippen molar-refractivity contribution in [2.45, 2.75) is 43.8 Å². The average molecular weight is 584 g/mol. The van der Waals surface area contributed by atoms with Crippen LogP contribution in [0.4, 0.5) is 26.8 Å². The van der Waals surface area contributed by atoms with Crippen LogP contribution in [0.15, 0.2) is 55.0 Å². The number of piperidine rings is 1. The van der Waals surface area contributed by atoms with Gasteiger partial charge >= 0.3 is 12.1 Å². The van der Waals surface area contributed by atoms with E-state index in [9.17, 15) is 9.59 Å². The fourth-order valence-corrected chi connectivity index (χ4v) is 6.33. The second kappa shape index (κ2) is 11.5. The summed E-state index contributed by atoms with van der Waals surface area (Å²) in [7, 11) is 1.41. The highest BCUT2D eigenvalue weighted by Gasteiger charge is 2.40. The fourth-order valence-electron chi connectivity index (χ4n) is 6.33. The lowest BCUT2D eigenvalue weighted by Crippen LogP contribution is -2.46. The molecule has 0 radical (unpaired) electrons. The van der Waals surface area contributed by atoms with Crippen LogP contribution in [0.2, 0.25) is 0 Å². The molecule has 2 bridgehead atoms. The monoisotopic (exact) mass is 583 g/mol. The zero-order valence-corrected chi connectivity index (χ0v) is 23.8. The van der Waals surface area contributed by atoms with Crippen LogP contribution in [0.25, 0.3) is 22.4 Å². The highest BCUT2D eigenvalue weighted by atomic mass is 16.5. The van der Waals surface area contributed by atoms with Crippen LogP contribution >= 0.6 is 0 Å². The van der Waals surface area contributed by atoms with Gasteiger partial charge in [0.05, 0.1) is 61.9 Å². The van der Waals surface area contributed by atoms with E-state index in [2.05, 4.69) is 20.5 Å². The highest BCUT2D eigenvalue weighted by Crippen LogP contribution is 2.38. The molecule has 3 aliphatic rings. The van der Waals surface area contributed by atoms with E-state index >= 15 is 0 Å². The third kappa shape index (κ3) is 5.31. The molecule has 3 saturated heterocycles. The van der Waals surface area contributed by atoms with Gasteiger partial charge in [0, 0.05) is 30.5 Å². The van der Waals surface area contributed by atoms with Crippen molar-refractivity contribution >= 4 is 40.4 Å². The Bertz CT molecular complexity index is 1600. The van der Waals surface area contributed by atoms with Crippen LogP contribution in [0.3, 0.4) is 0 Å². The summed E-state index contributed by atoms with van der Waals surface area (Å²) in [5, 5.41) is 11.4. The maximum absolute atomic E-state index is 12.5. The fraction of sp³-hybridized carbons (Fsp3) is 0.400. The molecule has 13 nitrogen and oxygen atoms in total. The van der Waals surface area contributed by atoms with Gasteiger partial charge in [-0.05, 0) is 62.1 Å². The highest BCUT2D eigenvalue weighted by molar-refractivity contribution is 5.99. The van der Waals surface area contributed by atoms with Gasteiger partial charge in [-0.3, -0.25) is 4.98 Å². The first-order valence-corrected chi connectivity index (χ1v) is 14.6. The predicted molar refractivity (Wildman–Crippen MR) is 160 cm³/mol. The Kier molecular flexibility index (Phi) is 7.23. The number of urea groups is 1. The van der Waals surface area contributed by atoms with Crippen molar-refractivity contribution in [1.29, 1.82) is 0 Å². The minimum Gasteiger partial charge on any atom is -0.453 e. The summed E-state index contributed by atoms with van der Waals surface area (Å²) in [4.78, 5) is 42.8. The summed E-state index contributed by atoms with van der Waals surface area (Å²) >= 11 is 0. The Hall–Kier alpha value is -4.78. The molecule has 0 unspecified atom stereocenters. The van der Waals surface area contributed by atoms with Crippen molar-refractivity contribution in [3.63, 3.8) is 0 Å². The predicted octanol–water partition coefficient (Wildman–Crippen LogP) is 4.30. The molecule has 0 saturated carbocycles. The maximum atomic E-state index is 12.5. The first kappa shape index (κ1) is 27.1. The minimum atomic E-state index is -0.356. The number of morpholine rings is 1. The van der Waals surface area contributed by atoms with Gasteiger partial charge in [0.1, 0.15) is 5.82 Å². The molecule has 13 heteroatoms. The topological polar surface area (TPSA) is 140 Å². The number of methoxy groups -OCH3 is 1. The third-order valence-corrected chi connectivity index (χ3v) is 8.48. The molecular weight excluding hydrogens is 550 g/mol. The van der Waals surface area contributed by atoms with E-state index in [0.717, 1.165) is 48.1 Å². The number of carbonyl (C=O) groups excluding carboxylic acids is 2. The standard InChI is InChI=1S/C30H33N9O4/c1-42-30(41)37-13-10-22(11-14-37)39-28-25(16-32-39)27(38-23-8-9-24(38)18-43-17-23)35-26(36-28)19-4-6-20(7-5-19)33-29(40)34-21-3-2-12-31-15-21/h2-7,12,15-16,22-24H,8-11,13-14,17-18H2,1H3,(H2,33,34,40)/t23-,24+. The normalized spacial score (nSPS) is 20.3. The second-order valence-corrected chi connectivity index (χ2v) is 11.1. The molecule has 2 N–H and O–H groups in total. The van der Waals surface area contributed by atoms with Crippen molar-refractivity contribution in [3.8, 4) is 11.4 Å². The number of ether oxygens (including phenoxy) is 2. The van der Waals surface area contributed by atoms with Gasteiger partial charge in [-0.2, -0.15) is 5.10 Å². The van der Waals surface area contributed by atoms with Gasteiger partial charge < -0.3 is 29.9 Å². The first-order chi connectivity index (χ1) is 21.1. The van der Waals surface area contributed by atoms with Crippen molar-refractivity contribution in [2.75, 3.05) is 48.9 Å². The molecule has 43 heavy (non-hydrogen) atoms. The van der Waals surface area contributed by atoms with Crippen LogP contribution in [0.1, 0.15) is 31.7 Å². The number of carbonyl (C=O) groups is 2. The lowest BCUT2D eigenvalue weighted by molar-refractivity contribution is 0.0904. The van der Waals surface area contributed by atoms with Crippen LogP contribution in [0.5, 0.6) is 0 Å². The Balaban J connectivity index is 1.19. The third-order valence-electron chi connectivity index (χ3n) is 8.48. The number of benzene rings is 1. The van der Waals surface area contributed by atoms with E-state index in [-0.39, 0.29) is 30.2 Å². The summed E-state index contributed by atoms with van der Waals surface area (Å²) in [6.07, 6.45) is 8.45. The molecule has 3 aliphatic heterocycles. The molecular formula is C30H33N9O4. The van der Waals surface area contributed by atoms with Crippen molar-refractivity contribution < 1.29 is 19.1 Å². The zero-order valence-electron chi connectivity index (χ0n) is 23.8. The van der Waals surface area contributed by atoms with E-state index in [0.29, 0.717) is 43.5 Å². The molecule has 2 atom stereocenters. The molecule has 3 amide bonds. The molecule has 1 aromatic carbocycles. The van der Waals surface area contributed by atoms with Crippen LogP contribution in [-0.4, -0.2) is 87.3 Å². The molecule has 3 aromatic heterocycles. The second-order valence-electron chi connectivity index (χ2n) is 11.1. The van der Waals surface area contributed by atoms with Gasteiger partial charge in [-0.15, -0.1) is 0 Å². The maximum Gasteiger partial charge on any atom is 0.409 e. The largest absolute Gasteiger partial charge is 0.453 e. The van der Waals surface area contributed by atoms with Gasteiger partial charge in [-0.1, -0.05) is 0 Å². The van der Waals surface area contributed by atoms with Gasteiger partial charge in [0.15, 0.2) is 11.5 Å². The summed E-state index contributed by atoms with van der Waals surface area (Å²) in [6.45, 7) is 2.55. The molecule has 4 aromatic rings. The Morgan fingerprint density at radius 2 is 1.65 bits per heavy atom.